The number of rotatable bonds is 10. The second-order valence-corrected chi connectivity index (χ2v) is 17.3. The summed E-state index contributed by atoms with van der Waals surface area (Å²) >= 11 is 0. The van der Waals surface area contributed by atoms with E-state index in [-0.39, 0.29) is 12.2 Å². The summed E-state index contributed by atoms with van der Waals surface area (Å²) in [5.41, 5.74) is 4.64. The molecule has 0 amide bonds. The molecule has 0 saturated heterocycles. The van der Waals surface area contributed by atoms with Gasteiger partial charge in [0.25, 0.3) is 17.0 Å². The van der Waals surface area contributed by atoms with Crippen LogP contribution in [-0.2, 0) is 8.85 Å². The molecule has 0 atom stereocenters. The second kappa shape index (κ2) is 11.3. The lowest BCUT2D eigenvalue weighted by molar-refractivity contribution is 0.215. The van der Waals surface area contributed by atoms with E-state index in [0.717, 1.165) is 22.3 Å². The van der Waals surface area contributed by atoms with Gasteiger partial charge in [0.2, 0.25) is 0 Å². The van der Waals surface area contributed by atoms with Crippen LogP contribution >= 0.6 is 0 Å². The van der Waals surface area contributed by atoms with Gasteiger partial charge >= 0.3 is 0 Å². The first kappa shape index (κ1) is 25.3. The lowest BCUT2D eigenvalue weighted by Gasteiger charge is -2.38. The fourth-order valence-corrected chi connectivity index (χ4v) is 12.5. The van der Waals surface area contributed by atoms with Crippen molar-refractivity contribution in [3.05, 3.63) is 144 Å². The Balaban J connectivity index is 1.57. The van der Waals surface area contributed by atoms with Crippen LogP contribution in [0.15, 0.2) is 121 Å². The van der Waals surface area contributed by atoms with Gasteiger partial charge < -0.3 is 13.5 Å². The Morgan fingerprint density at radius 1 is 0.429 bits per heavy atom. The fourth-order valence-electron chi connectivity index (χ4n) is 4.54. The van der Waals surface area contributed by atoms with Crippen LogP contribution in [0.5, 0.6) is 0 Å². The van der Waals surface area contributed by atoms with Gasteiger partial charge in [-0.2, -0.15) is 0 Å². The zero-order valence-corrected chi connectivity index (χ0v) is 23.0. The number of hydrogen-bond donors (Lipinski definition) is 1. The fraction of sp³-hybridized carbons (Fsp3) is 0.200. The van der Waals surface area contributed by atoms with E-state index in [1.807, 2.05) is 24.3 Å². The van der Waals surface area contributed by atoms with Gasteiger partial charge in [0.15, 0.2) is 0 Å². The predicted molar refractivity (Wildman–Crippen MR) is 150 cm³/mol. The van der Waals surface area contributed by atoms with E-state index < -0.39 is 17.0 Å². The van der Waals surface area contributed by atoms with Crippen molar-refractivity contribution >= 4 is 17.0 Å². The zero-order valence-electron chi connectivity index (χ0n) is 21.0. The Kier molecular flexibility index (Phi) is 8.16. The Labute approximate surface area is 212 Å². The lowest BCUT2D eigenvalue weighted by atomic mass is 10.0. The third kappa shape index (κ3) is 7.10. The first-order valence-corrected chi connectivity index (χ1v) is 18.0. The minimum absolute atomic E-state index is 0.129. The molecule has 0 radical (unpaired) electrons. The topological polar surface area (TPSA) is 30.5 Å². The molecule has 0 bridgehead atoms. The number of nitrogens with one attached hydrogen (secondary N) is 1. The summed E-state index contributed by atoms with van der Waals surface area (Å²) in [6.07, 6.45) is -0.258. The summed E-state index contributed by atoms with van der Waals surface area (Å²) in [5.74, 6) is 0. The molecular weight excluding hydrogens is 463 g/mol. The van der Waals surface area contributed by atoms with E-state index in [0.29, 0.717) is 0 Å². The van der Waals surface area contributed by atoms with Gasteiger partial charge in [-0.3, -0.25) is 0 Å². The van der Waals surface area contributed by atoms with Crippen LogP contribution in [-0.4, -0.2) is 17.0 Å². The molecule has 0 heterocycles. The normalized spacial score (nSPS) is 12.3. The Bertz CT molecular complexity index is 996. The molecule has 0 aliphatic rings. The molecule has 4 rings (SSSR count). The first-order valence-electron chi connectivity index (χ1n) is 12.2. The van der Waals surface area contributed by atoms with Crippen LogP contribution in [0.2, 0.25) is 26.2 Å². The molecule has 0 aliphatic carbocycles. The highest BCUT2D eigenvalue weighted by Crippen LogP contribution is 2.32. The molecule has 3 nitrogen and oxygen atoms in total. The maximum absolute atomic E-state index is 6.92. The van der Waals surface area contributed by atoms with E-state index in [1.54, 1.807) is 0 Å². The van der Waals surface area contributed by atoms with Gasteiger partial charge in [0.1, 0.15) is 0 Å². The summed E-state index contributed by atoms with van der Waals surface area (Å²) < 4.78 is 17.7. The van der Waals surface area contributed by atoms with E-state index in [2.05, 4.69) is 128 Å². The van der Waals surface area contributed by atoms with Gasteiger partial charge in [-0.05, 0) is 48.4 Å². The minimum Gasteiger partial charge on any atom is -0.393 e. The van der Waals surface area contributed by atoms with E-state index in [4.69, 9.17) is 8.85 Å². The summed E-state index contributed by atoms with van der Waals surface area (Å²) in [7, 11) is -4.70. The highest BCUT2D eigenvalue weighted by Gasteiger charge is 2.38. The van der Waals surface area contributed by atoms with Crippen LogP contribution in [0.1, 0.15) is 34.5 Å². The van der Waals surface area contributed by atoms with Crippen molar-refractivity contribution in [2.45, 2.75) is 38.4 Å². The molecule has 0 aliphatic heterocycles. The van der Waals surface area contributed by atoms with Crippen LogP contribution < -0.4 is 4.65 Å². The molecule has 0 unspecified atom stereocenters. The number of benzene rings is 4. The Morgan fingerprint density at radius 2 is 0.657 bits per heavy atom. The molecule has 0 fully saturated rings. The van der Waals surface area contributed by atoms with Gasteiger partial charge in [0, 0.05) is 0 Å². The predicted octanol–water partition coefficient (Wildman–Crippen LogP) is 7.59. The second-order valence-electron chi connectivity index (χ2n) is 9.78. The molecule has 0 aromatic heterocycles. The largest absolute Gasteiger partial charge is 0.393 e. The van der Waals surface area contributed by atoms with Crippen molar-refractivity contribution in [1.82, 2.24) is 4.65 Å². The molecular formula is C30H35NO2Si2. The Hall–Kier alpha value is -2.81. The van der Waals surface area contributed by atoms with E-state index in [1.165, 1.54) is 0 Å². The average molecular weight is 498 g/mol. The highest BCUT2D eigenvalue weighted by molar-refractivity contribution is 6.85. The van der Waals surface area contributed by atoms with Crippen molar-refractivity contribution in [2.24, 2.45) is 0 Å². The van der Waals surface area contributed by atoms with Crippen molar-refractivity contribution in [1.29, 1.82) is 0 Å². The smallest absolute Gasteiger partial charge is 0.258 e. The standard InChI is InChI=1S/C30H35NO2Si2/c1-34(2,32-29(25-17-9-5-10-18-25)26-19-11-6-12-20-26)31-35(3,4)33-30(27-21-13-7-14-22-27)28-23-15-8-16-24-28/h5-24,29-31H,1-4H3. The zero-order chi connectivity index (χ0) is 24.7. The molecule has 0 saturated carbocycles. The van der Waals surface area contributed by atoms with Crippen LogP contribution in [0.25, 0.3) is 0 Å². The molecule has 180 valence electrons. The molecule has 1 N–H and O–H groups in total. The van der Waals surface area contributed by atoms with Crippen LogP contribution in [0, 0.1) is 0 Å². The monoisotopic (exact) mass is 497 g/mol. The van der Waals surface area contributed by atoms with Gasteiger partial charge in [-0.15, -0.1) is 0 Å². The maximum Gasteiger partial charge on any atom is 0.258 e. The Morgan fingerprint density at radius 3 is 0.886 bits per heavy atom. The third-order valence-corrected chi connectivity index (χ3v) is 12.3. The first-order chi connectivity index (χ1) is 16.8. The lowest BCUT2D eigenvalue weighted by Crippen LogP contribution is -2.62. The third-order valence-electron chi connectivity index (χ3n) is 5.84. The van der Waals surface area contributed by atoms with Crippen molar-refractivity contribution in [3.8, 4) is 0 Å². The van der Waals surface area contributed by atoms with E-state index >= 15 is 0 Å². The van der Waals surface area contributed by atoms with Crippen LogP contribution in [0.3, 0.4) is 0 Å². The minimum atomic E-state index is -2.35. The van der Waals surface area contributed by atoms with Gasteiger partial charge in [0.05, 0.1) is 12.2 Å². The summed E-state index contributed by atoms with van der Waals surface area (Å²) in [5, 5.41) is 0. The summed E-state index contributed by atoms with van der Waals surface area (Å²) in [6, 6.07) is 41.9. The molecule has 0 spiro atoms. The summed E-state index contributed by atoms with van der Waals surface area (Å²) in [6.45, 7) is 8.90. The molecule has 5 heteroatoms. The average Bonchev–Trinajstić information content (AvgIpc) is 2.87. The van der Waals surface area contributed by atoms with Crippen LogP contribution in [0.4, 0.5) is 0 Å². The quantitative estimate of drug-likeness (QED) is 0.229. The molecule has 4 aromatic carbocycles. The maximum atomic E-state index is 6.92. The van der Waals surface area contributed by atoms with Gasteiger partial charge in [-0.25, -0.2) is 0 Å². The van der Waals surface area contributed by atoms with E-state index in [9.17, 15) is 0 Å². The van der Waals surface area contributed by atoms with Gasteiger partial charge in [-0.1, -0.05) is 121 Å². The molecule has 4 aromatic rings. The van der Waals surface area contributed by atoms with Crippen molar-refractivity contribution in [3.63, 3.8) is 0 Å². The summed E-state index contributed by atoms with van der Waals surface area (Å²) in [4.78, 5) is 0. The van der Waals surface area contributed by atoms with Crippen molar-refractivity contribution < 1.29 is 8.85 Å². The SMILES string of the molecule is C[Si](C)(N[Si](C)(C)OC(c1ccccc1)c1ccccc1)OC(c1ccccc1)c1ccccc1. The molecule has 35 heavy (non-hydrogen) atoms. The highest BCUT2D eigenvalue weighted by atomic mass is 28.4. The number of hydrogen-bond acceptors (Lipinski definition) is 3. The van der Waals surface area contributed by atoms with Crippen molar-refractivity contribution in [2.75, 3.05) is 0 Å².